The summed E-state index contributed by atoms with van der Waals surface area (Å²) in [5.74, 6) is -0.540. The van der Waals surface area contributed by atoms with Crippen LogP contribution >= 0.6 is 27.5 Å². The number of carbonyl (C=O) groups excluding carboxylic acids is 3. The summed E-state index contributed by atoms with van der Waals surface area (Å²) < 4.78 is 6.64. The fourth-order valence-corrected chi connectivity index (χ4v) is 5.82. The third kappa shape index (κ3) is 6.04. The number of methoxy groups -OCH3 is 1. The van der Waals surface area contributed by atoms with Crippen molar-refractivity contribution in [1.82, 2.24) is 10.6 Å². The van der Waals surface area contributed by atoms with E-state index in [1.165, 1.54) is 4.90 Å². The zero-order valence-corrected chi connectivity index (χ0v) is 26.2. The average Bonchev–Trinajstić information content (AvgIpc) is 3.11. The number of nitrogens with one attached hydrogen (secondary N) is 2. The Morgan fingerprint density at radius 3 is 2.51 bits per heavy atom. The Morgan fingerprint density at radius 1 is 1.07 bits per heavy atom. The van der Waals surface area contributed by atoms with E-state index in [0.717, 1.165) is 20.8 Å². The molecule has 2 atom stereocenters. The number of nitrogens with zero attached hydrogens (tertiary/aromatic N) is 2. The summed E-state index contributed by atoms with van der Waals surface area (Å²) in [6.45, 7) is 1.67. The number of hydrogen-bond donors (Lipinski definition) is 3. The SMILES string of the molecule is CNC(C)C(=O)NC1CN(C(=O)c2ccc(N)cc2)c2cc(Cl)ccc2N(Cc2c(OC)ccc3c(Br)cccc23)C1=O. The van der Waals surface area contributed by atoms with Crippen LogP contribution in [0.25, 0.3) is 10.8 Å². The van der Waals surface area contributed by atoms with Crippen molar-refractivity contribution in [2.24, 2.45) is 0 Å². The van der Waals surface area contributed by atoms with E-state index in [9.17, 15) is 14.4 Å². The van der Waals surface area contributed by atoms with E-state index in [-0.39, 0.29) is 30.8 Å². The van der Waals surface area contributed by atoms with Crippen LogP contribution in [-0.4, -0.2) is 50.5 Å². The van der Waals surface area contributed by atoms with Gasteiger partial charge in [0.15, 0.2) is 0 Å². The summed E-state index contributed by atoms with van der Waals surface area (Å²) in [6, 6.07) is 19.6. The molecular weight excluding hydrogens is 634 g/mol. The predicted octanol–water partition coefficient (Wildman–Crippen LogP) is 5.13. The molecular formula is C32H31BrClN5O4. The van der Waals surface area contributed by atoms with Gasteiger partial charge in [-0.15, -0.1) is 0 Å². The molecule has 4 aromatic rings. The first-order valence-corrected chi connectivity index (χ1v) is 14.8. The lowest BCUT2D eigenvalue weighted by molar-refractivity contribution is -0.128. The zero-order chi connectivity index (χ0) is 30.8. The summed E-state index contributed by atoms with van der Waals surface area (Å²) in [4.78, 5) is 44.6. The molecule has 0 saturated heterocycles. The van der Waals surface area contributed by atoms with E-state index < -0.39 is 12.1 Å². The van der Waals surface area contributed by atoms with Gasteiger partial charge in [0.05, 0.1) is 37.6 Å². The Hall–Kier alpha value is -4.12. The lowest BCUT2D eigenvalue weighted by Crippen LogP contribution is -2.55. The molecule has 1 heterocycles. The van der Waals surface area contributed by atoms with Crippen molar-refractivity contribution < 1.29 is 19.1 Å². The number of ether oxygens (including phenoxy) is 1. The molecule has 3 amide bonds. The Morgan fingerprint density at radius 2 is 1.81 bits per heavy atom. The lowest BCUT2D eigenvalue weighted by atomic mass is 10.0. The highest BCUT2D eigenvalue weighted by Crippen LogP contribution is 2.40. The highest BCUT2D eigenvalue weighted by atomic mass is 79.9. The van der Waals surface area contributed by atoms with Gasteiger partial charge in [-0.3, -0.25) is 14.4 Å². The topological polar surface area (TPSA) is 117 Å². The fraction of sp³-hybridized carbons (Fsp3) is 0.219. The van der Waals surface area contributed by atoms with Crippen molar-refractivity contribution in [2.45, 2.75) is 25.6 Å². The van der Waals surface area contributed by atoms with Crippen molar-refractivity contribution in [1.29, 1.82) is 0 Å². The summed E-state index contributed by atoms with van der Waals surface area (Å²) in [6.07, 6.45) is 0. The van der Waals surface area contributed by atoms with Crippen LogP contribution < -0.4 is 30.9 Å². The number of nitrogens with two attached hydrogens (primary N) is 1. The van der Waals surface area contributed by atoms with Gasteiger partial charge in [0.2, 0.25) is 5.91 Å². The smallest absolute Gasteiger partial charge is 0.258 e. The van der Waals surface area contributed by atoms with Crippen molar-refractivity contribution in [2.75, 3.05) is 36.2 Å². The summed E-state index contributed by atoms with van der Waals surface area (Å²) in [5.41, 5.74) is 8.41. The molecule has 0 radical (unpaired) electrons. The second-order valence-electron chi connectivity index (χ2n) is 10.2. The number of nitrogen functional groups attached to an aromatic ring is 1. The molecule has 9 nitrogen and oxygen atoms in total. The number of rotatable bonds is 7. The average molecular weight is 665 g/mol. The van der Waals surface area contributed by atoms with E-state index in [4.69, 9.17) is 22.1 Å². The maximum absolute atomic E-state index is 14.4. The molecule has 2 unspecified atom stereocenters. The molecule has 5 rings (SSSR count). The first kappa shape index (κ1) is 30.3. The molecule has 222 valence electrons. The summed E-state index contributed by atoms with van der Waals surface area (Å²) in [7, 11) is 3.24. The molecule has 43 heavy (non-hydrogen) atoms. The minimum absolute atomic E-state index is 0.0995. The van der Waals surface area contributed by atoms with Crippen molar-refractivity contribution >= 4 is 73.1 Å². The molecule has 0 aromatic heterocycles. The van der Waals surface area contributed by atoms with Crippen LogP contribution in [0.4, 0.5) is 17.1 Å². The van der Waals surface area contributed by atoms with Gasteiger partial charge in [-0.2, -0.15) is 0 Å². The van der Waals surface area contributed by atoms with E-state index >= 15 is 0 Å². The van der Waals surface area contributed by atoms with Gasteiger partial charge in [0.1, 0.15) is 11.8 Å². The number of amides is 3. The minimum atomic E-state index is -1.07. The second kappa shape index (κ2) is 12.6. The third-order valence-electron chi connectivity index (χ3n) is 7.61. The third-order valence-corrected chi connectivity index (χ3v) is 8.53. The number of hydrogen-bond acceptors (Lipinski definition) is 6. The van der Waals surface area contributed by atoms with E-state index in [2.05, 4.69) is 26.6 Å². The lowest BCUT2D eigenvalue weighted by Gasteiger charge is -2.27. The number of likely N-dealkylation sites (N-methyl/N-ethyl adjacent to an activating group) is 1. The molecule has 1 aliphatic rings. The van der Waals surface area contributed by atoms with Crippen LogP contribution in [0, 0.1) is 0 Å². The maximum Gasteiger partial charge on any atom is 0.258 e. The molecule has 4 N–H and O–H groups in total. The Balaban J connectivity index is 1.69. The fourth-order valence-electron chi connectivity index (χ4n) is 5.15. The Kier molecular flexibility index (Phi) is 8.91. The second-order valence-corrected chi connectivity index (χ2v) is 11.5. The molecule has 4 aromatic carbocycles. The molecule has 0 spiro atoms. The van der Waals surface area contributed by atoms with E-state index in [0.29, 0.717) is 33.4 Å². The number of carbonyl (C=O) groups is 3. The van der Waals surface area contributed by atoms with Gasteiger partial charge in [0.25, 0.3) is 11.8 Å². The van der Waals surface area contributed by atoms with Gasteiger partial charge in [0, 0.05) is 26.3 Å². The monoisotopic (exact) mass is 663 g/mol. The van der Waals surface area contributed by atoms with Crippen LogP contribution in [0.3, 0.4) is 0 Å². The van der Waals surface area contributed by atoms with Crippen LogP contribution in [0.15, 0.2) is 77.3 Å². The van der Waals surface area contributed by atoms with Crippen LogP contribution in [0.1, 0.15) is 22.8 Å². The molecule has 0 aliphatic carbocycles. The number of anilines is 3. The van der Waals surface area contributed by atoms with Crippen molar-refractivity contribution in [3.8, 4) is 5.75 Å². The molecule has 11 heteroatoms. The van der Waals surface area contributed by atoms with Crippen LogP contribution in [0.5, 0.6) is 5.75 Å². The molecule has 0 fully saturated rings. The summed E-state index contributed by atoms with van der Waals surface area (Å²) >= 11 is 10.1. The van der Waals surface area contributed by atoms with Crippen molar-refractivity contribution in [3.63, 3.8) is 0 Å². The Labute approximate surface area is 263 Å². The van der Waals surface area contributed by atoms with E-state index in [1.807, 2.05) is 30.3 Å². The Bertz CT molecular complexity index is 1710. The predicted molar refractivity (Wildman–Crippen MR) is 174 cm³/mol. The highest BCUT2D eigenvalue weighted by Gasteiger charge is 2.38. The van der Waals surface area contributed by atoms with Crippen molar-refractivity contribution in [3.05, 3.63) is 93.4 Å². The largest absolute Gasteiger partial charge is 0.496 e. The number of benzene rings is 4. The molecule has 1 aliphatic heterocycles. The molecule has 0 saturated carbocycles. The van der Waals surface area contributed by atoms with Gasteiger partial charge in [-0.1, -0.05) is 39.7 Å². The first-order valence-electron chi connectivity index (χ1n) is 13.6. The van der Waals surface area contributed by atoms with Gasteiger partial charge >= 0.3 is 0 Å². The van der Waals surface area contributed by atoms with Crippen LogP contribution in [-0.2, 0) is 16.1 Å². The standard InChI is InChI=1S/C32H31BrClN5O4/c1-18(36-2)30(40)37-26-17-39(31(41)19-7-10-21(35)11-8-19)28-15-20(34)9-13-27(28)38(32(26)42)16-24-22-5-4-6-25(33)23(22)12-14-29(24)43-3/h4-15,18,26,36H,16-17,35H2,1-3H3,(H,37,40). The first-order chi connectivity index (χ1) is 20.6. The van der Waals surface area contributed by atoms with Gasteiger partial charge < -0.3 is 30.9 Å². The maximum atomic E-state index is 14.4. The number of halogens is 2. The highest BCUT2D eigenvalue weighted by molar-refractivity contribution is 9.10. The van der Waals surface area contributed by atoms with Gasteiger partial charge in [-0.25, -0.2) is 0 Å². The molecule has 0 bridgehead atoms. The zero-order valence-electron chi connectivity index (χ0n) is 23.9. The van der Waals surface area contributed by atoms with E-state index in [1.54, 1.807) is 68.4 Å². The normalized spacial score (nSPS) is 15.6. The van der Waals surface area contributed by atoms with Gasteiger partial charge in [-0.05, 0) is 85.4 Å². The quantitative estimate of drug-likeness (QED) is 0.236. The number of fused-ring (bicyclic) bond motifs is 2. The summed E-state index contributed by atoms with van der Waals surface area (Å²) in [5, 5.41) is 7.99. The van der Waals surface area contributed by atoms with Crippen LogP contribution in [0.2, 0.25) is 5.02 Å². The minimum Gasteiger partial charge on any atom is -0.496 e.